The summed E-state index contributed by atoms with van der Waals surface area (Å²) in [6, 6.07) is 7.36. The van der Waals surface area contributed by atoms with Crippen molar-refractivity contribution in [2.75, 3.05) is 13.1 Å². The molecule has 0 aliphatic carbocycles. The van der Waals surface area contributed by atoms with Gasteiger partial charge in [0.2, 0.25) is 0 Å². The lowest BCUT2D eigenvalue weighted by atomic mass is 10.0. The smallest absolute Gasteiger partial charge is 0.274 e. The first-order valence-corrected chi connectivity index (χ1v) is 8.80. The van der Waals surface area contributed by atoms with Gasteiger partial charge in [-0.25, -0.2) is 5.10 Å². The number of nitrogens with zero attached hydrogens (tertiary/aromatic N) is 2. The van der Waals surface area contributed by atoms with E-state index in [0.29, 0.717) is 41.5 Å². The van der Waals surface area contributed by atoms with Gasteiger partial charge in [-0.15, -0.1) is 0 Å². The highest BCUT2D eigenvalue weighted by atomic mass is 35.5. The average molecular weight is 395 g/mol. The molecule has 26 heavy (non-hydrogen) atoms. The molecule has 0 radical (unpaired) electrons. The molecular formula is C17H16Cl2N4O3. The normalized spacial score (nSPS) is 14.9. The molecule has 1 aliphatic heterocycles. The number of H-pyrrole nitrogens is 1. The maximum atomic E-state index is 12.4. The number of rotatable bonds is 3. The first-order chi connectivity index (χ1) is 12.4. The third-order valence-electron chi connectivity index (χ3n) is 4.20. The average Bonchev–Trinajstić information content (AvgIpc) is 2.64. The van der Waals surface area contributed by atoms with E-state index in [1.807, 2.05) is 0 Å². The number of aromatic amines is 1. The van der Waals surface area contributed by atoms with E-state index in [1.165, 1.54) is 18.2 Å². The Morgan fingerprint density at radius 2 is 1.85 bits per heavy atom. The molecule has 9 heteroatoms. The Hall–Kier alpha value is -2.38. The molecule has 0 saturated carbocycles. The fourth-order valence-corrected chi connectivity index (χ4v) is 3.06. The lowest BCUT2D eigenvalue weighted by Gasteiger charge is -2.32. The minimum Gasteiger partial charge on any atom is -0.349 e. The minimum atomic E-state index is -0.356. The number of benzene rings is 1. The van der Waals surface area contributed by atoms with Gasteiger partial charge in [0.1, 0.15) is 5.69 Å². The predicted molar refractivity (Wildman–Crippen MR) is 97.7 cm³/mol. The van der Waals surface area contributed by atoms with Gasteiger partial charge in [0.05, 0.1) is 10.0 Å². The van der Waals surface area contributed by atoms with Crippen LogP contribution in [0.15, 0.2) is 35.1 Å². The molecule has 3 rings (SSSR count). The molecule has 2 aromatic rings. The van der Waals surface area contributed by atoms with E-state index in [0.717, 1.165) is 0 Å². The van der Waals surface area contributed by atoms with Crippen LogP contribution in [0.2, 0.25) is 10.0 Å². The number of halogens is 2. The number of carbonyl (C=O) groups excluding carboxylic acids is 2. The highest BCUT2D eigenvalue weighted by Gasteiger charge is 2.25. The van der Waals surface area contributed by atoms with Crippen LogP contribution < -0.4 is 10.9 Å². The first-order valence-electron chi connectivity index (χ1n) is 8.05. The zero-order valence-corrected chi connectivity index (χ0v) is 15.2. The SMILES string of the molecule is O=C(NC1CCN(C(=O)c2ccc(=O)[nH]n2)CC1)c1ccc(Cl)c(Cl)c1. The second kappa shape index (κ2) is 7.88. The fraction of sp³-hybridized carbons (Fsp3) is 0.294. The van der Waals surface area contributed by atoms with Crippen LogP contribution in [0.3, 0.4) is 0 Å². The third-order valence-corrected chi connectivity index (χ3v) is 4.94. The zero-order chi connectivity index (χ0) is 18.7. The third kappa shape index (κ3) is 4.23. The van der Waals surface area contributed by atoms with Gasteiger partial charge in [-0.2, -0.15) is 5.10 Å². The molecule has 136 valence electrons. The Labute approximate surface area is 159 Å². The highest BCUT2D eigenvalue weighted by molar-refractivity contribution is 6.42. The molecule has 0 bridgehead atoms. The van der Waals surface area contributed by atoms with Gasteiger partial charge in [0.25, 0.3) is 17.4 Å². The van der Waals surface area contributed by atoms with Crippen molar-refractivity contribution in [1.29, 1.82) is 0 Å². The Morgan fingerprint density at radius 1 is 1.12 bits per heavy atom. The van der Waals surface area contributed by atoms with Gasteiger partial charge in [-0.05, 0) is 37.1 Å². The molecular weight excluding hydrogens is 379 g/mol. The minimum absolute atomic E-state index is 0.0375. The van der Waals surface area contributed by atoms with Crippen LogP contribution in [0.1, 0.15) is 33.7 Å². The number of likely N-dealkylation sites (tertiary alicyclic amines) is 1. The molecule has 1 fully saturated rings. The summed E-state index contributed by atoms with van der Waals surface area (Å²) in [6.07, 6.45) is 1.25. The van der Waals surface area contributed by atoms with Crippen LogP contribution in [0.5, 0.6) is 0 Å². The molecule has 1 aromatic heterocycles. The number of carbonyl (C=O) groups is 2. The van der Waals surface area contributed by atoms with Crippen LogP contribution in [0.25, 0.3) is 0 Å². The summed E-state index contributed by atoms with van der Waals surface area (Å²) in [5.41, 5.74) is 0.281. The summed E-state index contributed by atoms with van der Waals surface area (Å²) in [6.45, 7) is 0.984. The molecule has 1 saturated heterocycles. The number of amides is 2. The van der Waals surface area contributed by atoms with E-state index in [2.05, 4.69) is 15.5 Å². The van der Waals surface area contributed by atoms with Crippen molar-refractivity contribution in [3.63, 3.8) is 0 Å². The summed E-state index contributed by atoms with van der Waals surface area (Å²) in [7, 11) is 0. The van der Waals surface area contributed by atoms with E-state index < -0.39 is 0 Å². The number of aromatic nitrogens is 2. The summed E-state index contributed by atoms with van der Waals surface area (Å²) < 4.78 is 0. The number of nitrogens with one attached hydrogen (secondary N) is 2. The second-order valence-corrected chi connectivity index (χ2v) is 6.79. The Balaban J connectivity index is 1.55. The van der Waals surface area contributed by atoms with Crippen LogP contribution in [-0.2, 0) is 0 Å². The standard InChI is InChI=1S/C17H16Cl2N4O3/c18-12-2-1-10(9-13(12)19)16(25)20-11-5-7-23(8-6-11)17(26)14-3-4-15(24)22-21-14/h1-4,9,11H,5-8H2,(H,20,25)(H,22,24). The number of piperidine rings is 1. The maximum absolute atomic E-state index is 12.4. The highest BCUT2D eigenvalue weighted by Crippen LogP contribution is 2.23. The summed E-state index contributed by atoms with van der Waals surface area (Å²) in [4.78, 5) is 37.3. The molecule has 2 N–H and O–H groups in total. The molecule has 0 unspecified atom stereocenters. The van der Waals surface area contributed by atoms with Crippen molar-refractivity contribution >= 4 is 35.0 Å². The topological polar surface area (TPSA) is 95.2 Å². The Kier molecular flexibility index (Phi) is 5.58. The molecule has 1 aromatic carbocycles. The largest absolute Gasteiger partial charge is 0.349 e. The fourth-order valence-electron chi connectivity index (χ4n) is 2.76. The van der Waals surface area contributed by atoms with Crippen LogP contribution in [0, 0.1) is 0 Å². The van der Waals surface area contributed by atoms with Crippen LogP contribution >= 0.6 is 23.2 Å². The van der Waals surface area contributed by atoms with Crippen molar-refractivity contribution in [1.82, 2.24) is 20.4 Å². The Bertz CT molecular complexity index is 871. The van der Waals surface area contributed by atoms with Crippen molar-refractivity contribution in [2.24, 2.45) is 0 Å². The lowest BCUT2D eigenvalue weighted by Crippen LogP contribution is -2.46. The number of hydrogen-bond donors (Lipinski definition) is 2. The van der Waals surface area contributed by atoms with Crippen molar-refractivity contribution in [3.05, 3.63) is 62.0 Å². The summed E-state index contributed by atoms with van der Waals surface area (Å²) in [5, 5.41) is 9.67. The van der Waals surface area contributed by atoms with E-state index >= 15 is 0 Å². The second-order valence-electron chi connectivity index (χ2n) is 5.98. The van der Waals surface area contributed by atoms with Gasteiger partial charge >= 0.3 is 0 Å². The van der Waals surface area contributed by atoms with Gasteiger partial charge in [-0.1, -0.05) is 23.2 Å². The molecule has 2 heterocycles. The molecule has 1 aliphatic rings. The van der Waals surface area contributed by atoms with Crippen molar-refractivity contribution in [3.8, 4) is 0 Å². The quantitative estimate of drug-likeness (QED) is 0.832. The monoisotopic (exact) mass is 394 g/mol. The Morgan fingerprint density at radius 3 is 2.46 bits per heavy atom. The van der Waals surface area contributed by atoms with E-state index in [9.17, 15) is 14.4 Å². The first kappa shape index (κ1) is 18.4. The van der Waals surface area contributed by atoms with E-state index in [-0.39, 0.29) is 29.1 Å². The maximum Gasteiger partial charge on any atom is 0.274 e. The van der Waals surface area contributed by atoms with Crippen LogP contribution in [-0.4, -0.2) is 46.0 Å². The summed E-state index contributed by atoms with van der Waals surface area (Å²) >= 11 is 11.8. The van der Waals surface area contributed by atoms with Gasteiger partial charge in [0, 0.05) is 30.8 Å². The molecule has 2 amide bonds. The van der Waals surface area contributed by atoms with Crippen LogP contribution in [0.4, 0.5) is 0 Å². The molecule has 0 spiro atoms. The van der Waals surface area contributed by atoms with E-state index in [4.69, 9.17) is 23.2 Å². The lowest BCUT2D eigenvalue weighted by molar-refractivity contribution is 0.0691. The van der Waals surface area contributed by atoms with Gasteiger partial charge in [-0.3, -0.25) is 14.4 Å². The molecule has 7 nitrogen and oxygen atoms in total. The van der Waals surface area contributed by atoms with E-state index in [1.54, 1.807) is 17.0 Å². The zero-order valence-electron chi connectivity index (χ0n) is 13.7. The van der Waals surface area contributed by atoms with Gasteiger partial charge in [0.15, 0.2) is 0 Å². The summed E-state index contributed by atoms with van der Waals surface area (Å²) in [5.74, 6) is -0.467. The van der Waals surface area contributed by atoms with Crippen molar-refractivity contribution in [2.45, 2.75) is 18.9 Å². The van der Waals surface area contributed by atoms with Gasteiger partial charge < -0.3 is 10.2 Å². The predicted octanol–water partition coefficient (Wildman–Crippen LogP) is 2.11. The molecule has 0 atom stereocenters. The number of hydrogen-bond acceptors (Lipinski definition) is 4. The van der Waals surface area contributed by atoms with Crippen molar-refractivity contribution < 1.29 is 9.59 Å².